The Hall–Kier alpha value is -2.61. The maximum Gasteiger partial charge on any atom is 0.261 e. The molecule has 0 bridgehead atoms. The number of aromatic nitrogens is 2. The second kappa shape index (κ2) is 7.56. The molecular formula is C19H22N4O3S. The quantitative estimate of drug-likeness (QED) is 0.768. The van der Waals surface area contributed by atoms with Crippen LogP contribution in [0.3, 0.4) is 0 Å². The Morgan fingerprint density at radius 1 is 1.15 bits per heavy atom. The first-order valence-electron chi connectivity index (χ1n) is 8.97. The van der Waals surface area contributed by atoms with Crippen LogP contribution < -0.4 is 5.32 Å². The Morgan fingerprint density at radius 2 is 1.85 bits per heavy atom. The van der Waals surface area contributed by atoms with Gasteiger partial charge < -0.3 is 0 Å². The average molecular weight is 386 g/mol. The molecule has 1 N–H and O–H groups in total. The zero-order chi connectivity index (χ0) is 19.7. The van der Waals surface area contributed by atoms with E-state index in [0.717, 1.165) is 11.4 Å². The maximum atomic E-state index is 12.6. The van der Waals surface area contributed by atoms with Gasteiger partial charge in [-0.05, 0) is 37.5 Å². The van der Waals surface area contributed by atoms with Crippen LogP contribution in [0.4, 0.5) is 5.13 Å². The standard InChI is InChI=1S/C19H22N4O3S/c1-5-11(4)23-17(25)13-7-6-12(9-14(13)18(23)26)16(24)20-19-22-21-15(27-19)8-10(2)3/h6-7,9-11H,5,8H2,1-4H3,(H,20,22,24)/t11-/m0/s1. The highest BCUT2D eigenvalue weighted by atomic mass is 32.1. The molecule has 0 saturated carbocycles. The molecule has 1 aliphatic heterocycles. The van der Waals surface area contributed by atoms with E-state index < -0.39 is 0 Å². The molecule has 0 spiro atoms. The van der Waals surface area contributed by atoms with Crippen molar-refractivity contribution in [3.05, 3.63) is 39.9 Å². The van der Waals surface area contributed by atoms with Crippen molar-refractivity contribution in [1.29, 1.82) is 0 Å². The molecule has 1 atom stereocenters. The van der Waals surface area contributed by atoms with Gasteiger partial charge in [0, 0.05) is 18.0 Å². The Bertz CT molecular complexity index is 906. The van der Waals surface area contributed by atoms with Crippen LogP contribution in [-0.2, 0) is 6.42 Å². The predicted molar refractivity (Wildman–Crippen MR) is 103 cm³/mol. The van der Waals surface area contributed by atoms with Crippen LogP contribution in [0.5, 0.6) is 0 Å². The number of benzene rings is 1. The van der Waals surface area contributed by atoms with Crippen molar-refractivity contribution < 1.29 is 14.4 Å². The molecule has 0 aliphatic carbocycles. The average Bonchev–Trinajstić information content (AvgIpc) is 3.16. The van der Waals surface area contributed by atoms with E-state index in [2.05, 4.69) is 29.4 Å². The predicted octanol–water partition coefficient (Wildman–Crippen LogP) is 3.38. The smallest absolute Gasteiger partial charge is 0.261 e. The van der Waals surface area contributed by atoms with Gasteiger partial charge in [0.2, 0.25) is 5.13 Å². The van der Waals surface area contributed by atoms with Crippen molar-refractivity contribution in [2.75, 3.05) is 5.32 Å². The molecule has 142 valence electrons. The molecule has 2 heterocycles. The van der Waals surface area contributed by atoms with Gasteiger partial charge >= 0.3 is 0 Å². The Balaban J connectivity index is 1.79. The second-order valence-corrected chi connectivity index (χ2v) is 8.11. The van der Waals surface area contributed by atoms with Crippen LogP contribution >= 0.6 is 11.3 Å². The van der Waals surface area contributed by atoms with Crippen LogP contribution in [0.15, 0.2) is 18.2 Å². The summed E-state index contributed by atoms with van der Waals surface area (Å²) in [6.07, 6.45) is 1.48. The van der Waals surface area contributed by atoms with Crippen molar-refractivity contribution in [2.24, 2.45) is 5.92 Å². The first-order chi connectivity index (χ1) is 12.8. The number of nitrogens with zero attached hydrogens (tertiary/aromatic N) is 3. The minimum Gasteiger partial charge on any atom is -0.296 e. The number of amides is 3. The summed E-state index contributed by atoms with van der Waals surface area (Å²) in [5, 5.41) is 12.0. The largest absolute Gasteiger partial charge is 0.296 e. The van der Waals surface area contributed by atoms with Gasteiger partial charge in [0.25, 0.3) is 17.7 Å². The maximum absolute atomic E-state index is 12.6. The summed E-state index contributed by atoms with van der Waals surface area (Å²) in [7, 11) is 0. The van der Waals surface area contributed by atoms with Crippen molar-refractivity contribution in [3.63, 3.8) is 0 Å². The Labute approximate surface area is 161 Å². The van der Waals surface area contributed by atoms with Crippen molar-refractivity contribution in [1.82, 2.24) is 15.1 Å². The van der Waals surface area contributed by atoms with E-state index >= 15 is 0 Å². The third-order valence-corrected chi connectivity index (χ3v) is 5.34. The van der Waals surface area contributed by atoms with Crippen molar-refractivity contribution >= 4 is 34.2 Å². The third kappa shape index (κ3) is 3.75. The molecule has 0 saturated heterocycles. The molecule has 1 aromatic carbocycles. The normalized spacial score (nSPS) is 14.6. The van der Waals surface area contributed by atoms with Gasteiger partial charge in [0.15, 0.2) is 0 Å². The molecule has 3 rings (SSSR count). The number of anilines is 1. The molecular weight excluding hydrogens is 364 g/mol. The highest BCUT2D eigenvalue weighted by Gasteiger charge is 2.38. The number of fused-ring (bicyclic) bond motifs is 1. The lowest BCUT2D eigenvalue weighted by molar-refractivity contribution is 0.0593. The summed E-state index contributed by atoms with van der Waals surface area (Å²) in [6.45, 7) is 7.93. The fourth-order valence-electron chi connectivity index (χ4n) is 2.89. The van der Waals surface area contributed by atoms with E-state index in [0.29, 0.717) is 28.6 Å². The van der Waals surface area contributed by atoms with E-state index in [4.69, 9.17) is 0 Å². The van der Waals surface area contributed by atoms with Crippen molar-refractivity contribution in [2.45, 2.75) is 46.6 Å². The number of carbonyl (C=O) groups excluding carboxylic acids is 3. The van der Waals surface area contributed by atoms with Crippen molar-refractivity contribution in [3.8, 4) is 0 Å². The number of rotatable bonds is 6. The summed E-state index contributed by atoms with van der Waals surface area (Å²) in [4.78, 5) is 38.8. The summed E-state index contributed by atoms with van der Waals surface area (Å²) in [5.41, 5.74) is 0.916. The Kier molecular flexibility index (Phi) is 5.36. The van der Waals surface area contributed by atoms with E-state index in [1.54, 1.807) is 6.07 Å². The zero-order valence-corrected chi connectivity index (χ0v) is 16.6. The lowest BCUT2D eigenvalue weighted by atomic mass is 10.1. The van der Waals surface area contributed by atoms with E-state index in [-0.39, 0.29) is 29.3 Å². The summed E-state index contributed by atoms with van der Waals surface area (Å²) in [6, 6.07) is 4.38. The van der Waals surface area contributed by atoms with Gasteiger partial charge in [0.1, 0.15) is 5.01 Å². The van der Waals surface area contributed by atoms with Crippen LogP contribution in [0.2, 0.25) is 0 Å². The molecule has 0 unspecified atom stereocenters. The van der Waals surface area contributed by atoms with E-state index in [9.17, 15) is 14.4 Å². The molecule has 0 radical (unpaired) electrons. The number of hydrogen-bond donors (Lipinski definition) is 1. The number of hydrogen-bond acceptors (Lipinski definition) is 6. The third-order valence-electron chi connectivity index (χ3n) is 4.48. The van der Waals surface area contributed by atoms with E-state index in [1.165, 1.54) is 28.4 Å². The highest BCUT2D eigenvalue weighted by Crippen LogP contribution is 2.27. The fraction of sp³-hybridized carbons (Fsp3) is 0.421. The monoisotopic (exact) mass is 386 g/mol. The molecule has 3 amide bonds. The molecule has 1 aromatic heterocycles. The summed E-state index contributed by atoms with van der Waals surface area (Å²) in [5.74, 6) is -0.588. The van der Waals surface area contributed by atoms with Crippen LogP contribution in [-0.4, -0.2) is 38.9 Å². The van der Waals surface area contributed by atoms with Gasteiger partial charge in [-0.3, -0.25) is 24.6 Å². The molecule has 1 aliphatic rings. The minimum atomic E-state index is -0.382. The van der Waals surface area contributed by atoms with Gasteiger partial charge in [-0.1, -0.05) is 32.1 Å². The van der Waals surface area contributed by atoms with Gasteiger partial charge in [-0.25, -0.2) is 0 Å². The minimum absolute atomic E-state index is 0.185. The van der Waals surface area contributed by atoms with E-state index in [1.807, 2.05) is 13.8 Å². The SMILES string of the molecule is CC[C@H](C)N1C(=O)c2ccc(C(=O)Nc3nnc(CC(C)C)s3)cc2C1=O. The topological polar surface area (TPSA) is 92.3 Å². The molecule has 8 heteroatoms. The zero-order valence-electron chi connectivity index (χ0n) is 15.8. The van der Waals surface area contributed by atoms with Crippen LogP contribution in [0.25, 0.3) is 0 Å². The Morgan fingerprint density at radius 3 is 2.52 bits per heavy atom. The fourth-order valence-corrected chi connectivity index (χ4v) is 3.84. The second-order valence-electron chi connectivity index (χ2n) is 7.05. The molecule has 0 fully saturated rings. The first-order valence-corrected chi connectivity index (χ1v) is 9.79. The van der Waals surface area contributed by atoms with Gasteiger partial charge in [-0.15, -0.1) is 10.2 Å². The molecule has 7 nitrogen and oxygen atoms in total. The summed E-state index contributed by atoms with van der Waals surface area (Å²) >= 11 is 1.33. The van der Waals surface area contributed by atoms with Crippen LogP contribution in [0.1, 0.15) is 70.2 Å². The van der Waals surface area contributed by atoms with Gasteiger partial charge in [-0.2, -0.15) is 0 Å². The molecule has 2 aromatic rings. The highest BCUT2D eigenvalue weighted by molar-refractivity contribution is 7.15. The van der Waals surface area contributed by atoms with Gasteiger partial charge in [0.05, 0.1) is 11.1 Å². The number of imide groups is 1. The molecule has 27 heavy (non-hydrogen) atoms. The summed E-state index contributed by atoms with van der Waals surface area (Å²) < 4.78 is 0. The first kappa shape index (κ1) is 19.2. The number of nitrogens with one attached hydrogen (secondary N) is 1. The lowest BCUT2D eigenvalue weighted by Crippen LogP contribution is -2.37. The van der Waals surface area contributed by atoms with Crippen LogP contribution in [0, 0.1) is 5.92 Å². The lowest BCUT2D eigenvalue weighted by Gasteiger charge is -2.20. The number of carbonyl (C=O) groups is 3.